The van der Waals surface area contributed by atoms with Crippen molar-refractivity contribution >= 4 is 5.91 Å². The molecule has 0 aliphatic carbocycles. The van der Waals surface area contributed by atoms with Crippen LogP contribution in [0.5, 0.6) is 0 Å². The van der Waals surface area contributed by atoms with E-state index < -0.39 is 0 Å². The molecule has 0 spiro atoms. The van der Waals surface area contributed by atoms with E-state index in [1.54, 1.807) is 13.8 Å². The van der Waals surface area contributed by atoms with Gasteiger partial charge in [0.05, 0.1) is 0 Å². The Hall–Kier alpha value is -1.51. The molecule has 0 saturated heterocycles. The molecule has 13 heavy (non-hydrogen) atoms. The van der Waals surface area contributed by atoms with Crippen LogP contribution in [0.3, 0.4) is 0 Å². The van der Waals surface area contributed by atoms with Crippen LogP contribution in [0.25, 0.3) is 0 Å². The highest BCUT2D eigenvalue weighted by Gasteiger charge is 2.01. The minimum atomic E-state index is -0.150. The molecule has 0 bridgehead atoms. The SMILES string of the molecule is C=C/C=C(O)\C(C)=C(/C)NC(C)=O. The van der Waals surface area contributed by atoms with Crippen molar-refractivity contribution in [1.29, 1.82) is 0 Å². The number of aliphatic hydroxyl groups excluding tert-OH is 1. The molecule has 0 atom stereocenters. The maximum atomic E-state index is 10.7. The van der Waals surface area contributed by atoms with E-state index in [1.165, 1.54) is 19.1 Å². The van der Waals surface area contributed by atoms with Crippen LogP contribution in [0.1, 0.15) is 20.8 Å². The molecule has 3 nitrogen and oxygen atoms in total. The number of nitrogens with one attached hydrogen (secondary N) is 1. The second kappa shape index (κ2) is 5.19. The molecule has 0 aliphatic heterocycles. The Balaban J connectivity index is 4.70. The number of amides is 1. The van der Waals surface area contributed by atoms with Crippen LogP contribution in [0.4, 0.5) is 0 Å². The van der Waals surface area contributed by atoms with Gasteiger partial charge in [-0.2, -0.15) is 0 Å². The summed E-state index contributed by atoms with van der Waals surface area (Å²) in [7, 11) is 0. The highest BCUT2D eigenvalue weighted by molar-refractivity contribution is 5.75. The van der Waals surface area contributed by atoms with Gasteiger partial charge in [-0.1, -0.05) is 12.7 Å². The molecule has 0 heterocycles. The molecule has 0 aromatic rings. The van der Waals surface area contributed by atoms with Crippen molar-refractivity contribution in [3.63, 3.8) is 0 Å². The molecule has 0 radical (unpaired) electrons. The Morgan fingerprint density at radius 2 is 1.92 bits per heavy atom. The van der Waals surface area contributed by atoms with E-state index in [0.717, 1.165) is 0 Å². The average molecular weight is 181 g/mol. The number of hydrogen-bond donors (Lipinski definition) is 2. The number of allylic oxidation sites excluding steroid dienone is 4. The Morgan fingerprint density at radius 3 is 2.31 bits per heavy atom. The van der Waals surface area contributed by atoms with Gasteiger partial charge < -0.3 is 10.4 Å². The van der Waals surface area contributed by atoms with Crippen molar-refractivity contribution in [2.24, 2.45) is 0 Å². The molecule has 3 heteroatoms. The minimum absolute atomic E-state index is 0.112. The summed E-state index contributed by atoms with van der Waals surface area (Å²) in [6, 6.07) is 0. The molecule has 0 fully saturated rings. The fraction of sp³-hybridized carbons (Fsp3) is 0.300. The van der Waals surface area contributed by atoms with E-state index in [1.807, 2.05) is 0 Å². The molecule has 0 rings (SSSR count). The van der Waals surface area contributed by atoms with Crippen LogP contribution in [0, 0.1) is 0 Å². The summed E-state index contributed by atoms with van der Waals surface area (Å²) in [6.07, 6.45) is 2.96. The summed E-state index contributed by atoms with van der Waals surface area (Å²) >= 11 is 0. The Morgan fingerprint density at radius 1 is 1.38 bits per heavy atom. The first-order valence-corrected chi connectivity index (χ1v) is 3.96. The molecule has 1 amide bonds. The molecule has 0 aromatic carbocycles. The molecule has 2 N–H and O–H groups in total. The second-order valence-electron chi connectivity index (χ2n) is 2.72. The molecule has 72 valence electrons. The summed E-state index contributed by atoms with van der Waals surface area (Å²) in [5, 5.41) is 12.0. The van der Waals surface area contributed by atoms with Gasteiger partial charge in [0.25, 0.3) is 0 Å². The maximum Gasteiger partial charge on any atom is 0.220 e. The normalized spacial score (nSPS) is 13.3. The lowest BCUT2D eigenvalue weighted by Crippen LogP contribution is -2.18. The standard InChI is InChI=1S/C10H15NO2/c1-5-6-10(13)7(2)8(3)11-9(4)12/h5-6,13H,1H2,2-4H3,(H,11,12)/b8-7+,10-6+. The summed E-state index contributed by atoms with van der Waals surface area (Å²) in [5.74, 6) is -0.0375. The quantitative estimate of drug-likeness (QED) is 0.517. The zero-order valence-electron chi connectivity index (χ0n) is 8.22. The minimum Gasteiger partial charge on any atom is -0.508 e. The summed E-state index contributed by atoms with van der Waals surface area (Å²) < 4.78 is 0. The Labute approximate surface area is 78.5 Å². The third-order valence-electron chi connectivity index (χ3n) is 1.59. The molecule has 0 aromatic heterocycles. The monoisotopic (exact) mass is 181 g/mol. The fourth-order valence-electron chi connectivity index (χ4n) is 0.787. The zero-order valence-corrected chi connectivity index (χ0v) is 8.22. The van der Waals surface area contributed by atoms with E-state index in [-0.39, 0.29) is 11.7 Å². The third-order valence-corrected chi connectivity index (χ3v) is 1.59. The largest absolute Gasteiger partial charge is 0.508 e. The van der Waals surface area contributed by atoms with Gasteiger partial charge in [-0.25, -0.2) is 0 Å². The van der Waals surface area contributed by atoms with E-state index in [9.17, 15) is 9.90 Å². The van der Waals surface area contributed by atoms with Gasteiger partial charge in [-0.3, -0.25) is 4.79 Å². The van der Waals surface area contributed by atoms with Crippen LogP contribution in [-0.2, 0) is 4.79 Å². The van der Waals surface area contributed by atoms with Crippen molar-refractivity contribution in [2.45, 2.75) is 20.8 Å². The van der Waals surface area contributed by atoms with E-state index in [0.29, 0.717) is 11.3 Å². The van der Waals surface area contributed by atoms with E-state index in [2.05, 4.69) is 11.9 Å². The van der Waals surface area contributed by atoms with Crippen molar-refractivity contribution in [1.82, 2.24) is 5.32 Å². The zero-order chi connectivity index (χ0) is 10.4. The lowest BCUT2D eigenvalue weighted by atomic mass is 10.2. The van der Waals surface area contributed by atoms with Crippen molar-refractivity contribution in [3.05, 3.63) is 35.8 Å². The van der Waals surface area contributed by atoms with Gasteiger partial charge in [-0.15, -0.1) is 0 Å². The van der Waals surface area contributed by atoms with Crippen molar-refractivity contribution < 1.29 is 9.90 Å². The third kappa shape index (κ3) is 4.15. The average Bonchev–Trinajstić information content (AvgIpc) is 2.02. The number of aliphatic hydroxyl groups is 1. The van der Waals surface area contributed by atoms with Crippen molar-refractivity contribution in [3.8, 4) is 0 Å². The predicted molar refractivity (Wildman–Crippen MR) is 53.1 cm³/mol. The summed E-state index contributed by atoms with van der Waals surface area (Å²) in [6.45, 7) is 8.33. The van der Waals surface area contributed by atoms with Crippen LogP contribution < -0.4 is 5.32 Å². The lowest BCUT2D eigenvalue weighted by Gasteiger charge is -2.06. The molecule has 0 unspecified atom stereocenters. The second-order valence-corrected chi connectivity index (χ2v) is 2.72. The van der Waals surface area contributed by atoms with Gasteiger partial charge in [0.15, 0.2) is 0 Å². The number of rotatable bonds is 3. The highest BCUT2D eigenvalue weighted by Crippen LogP contribution is 2.09. The number of carbonyl (C=O) groups excluding carboxylic acids is 1. The Bertz CT molecular complexity index is 275. The van der Waals surface area contributed by atoms with E-state index >= 15 is 0 Å². The van der Waals surface area contributed by atoms with Gasteiger partial charge in [0.2, 0.25) is 5.91 Å². The number of carbonyl (C=O) groups is 1. The van der Waals surface area contributed by atoms with E-state index in [4.69, 9.17) is 0 Å². The van der Waals surface area contributed by atoms with Crippen LogP contribution in [-0.4, -0.2) is 11.0 Å². The number of hydrogen-bond acceptors (Lipinski definition) is 2. The lowest BCUT2D eigenvalue weighted by molar-refractivity contribution is -0.118. The molecule has 0 saturated carbocycles. The fourth-order valence-corrected chi connectivity index (χ4v) is 0.787. The maximum absolute atomic E-state index is 10.7. The highest BCUT2D eigenvalue weighted by atomic mass is 16.3. The van der Waals surface area contributed by atoms with Crippen LogP contribution >= 0.6 is 0 Å². The first kappa shape index (κ1) is 11.5. The van der Waals surface area contributed by atoms with Gasteiger partial charge in [0, 0.05) is 18.2 Å². The first-order valence-electron chi connectivity index (χ1n) is 3.96. The smallest absolute Gasteiger partial charge is 0.220 e. The summed E-state index contributed by atoms with van der Waals surface area (Å²) in [4.78, 5) is 10.7. The topological polar surface area (TPSA) is 49.3 Å². The molecule has 0 aliphatic rings. The molecular weight excluding hydrogens is 166 g/mol. The van der Waals surface area contributed by atoms with Crippen LogP contribution in [0.2, 0.25) is 0 Å². The first-order chi connectivity index (χ1) is 5.99. The van der Waals surface area contributed by atoms with Crippen LogP contribution in [0.15, 0.2) is 35.8 Å². The predicted octanol–water partition coefficient (Wildman–Crippen LogP) is 2.04. The van der Waals surface area contributed by atoms with Crippen molar-refractivity contribution in [2.75, 3.05) is 0 Å². The molecular formula is C10H15NO2. The van der Waals surface area contributed by atoms with Gasteiger partial charge in [0.1, 0.15) is 5.76 Å². The Kier molecular flexibility index (Phi) is 4.59. The van der Waals surface area contributed by atoms with Gasteiger partial charge in [-0.05, 0) is 19.9 Å². The van der Waals surface area contributed by atoms with Gasteiger partial charge >= 0.3 is 0 Å². The summed E-state index contributed by atoms with van der Waals surface area (Å²) in [5.41, 5.74) is 1.28.